The van der Waals surface area contributed by atoms with Crippen molar-refractivity contribution in [1.29, 1.82) is 0 Å². The van der Waals surface area contributed by atoms with Crippen LogP contribution < -0.4 is 4.74 Å². The topological polar surface area (TPSA) is 52.4 Å². The number of rotatable bonds is 3. The van der Waals surface area contributed by atoms with Crippen LogP contribution in [0.25, 0.3) is 0 Å². The van der Waals surface area contributed by atoms with Gasteiger partial charge in [-0.25, -0.2) is 0 Å². The number of terminal acetylenes is 1. The second-order valence-corrected chi connectivity index (χ2v) is 2.36. The Labute approximate surface area is 79.5 Å². The molecule has 0 bridgehead atoms. The first-order valence-corrected chi connectivity index (χ1v) is 3.65. The average molecular weight is 195 g/mol. The Balaban J connectivity index is 2.96. The standard InChI is InChI=1S/C9H6FNO3/c1-2-5-14-7-3-4-8(10)9(6-7)11(12)13/h1,3-4,6H,5H2. The minimum Gasteiger partial charge on any atom is -0.481 e. The molecule has 0 aromatic heterocycles. The molecule has 1 aromatic carbocycles. The number of nitro groups is 1. The van der Waals surface area contributed by atoms with E-state index >= 15 is 0 Å². The molecule has 0 radical (unpaired) electrons. The smallest absolute Gasteiger partial charge is 0.308 e. The van der Waals surface area contributed by atoms with Gasteiger partial charge in [0.1, 0.15) is 12.4 Å². The van der Waals surface area contributed by atoms with Gasteiger partial charge < -0.3 is 4.74 Å². The van der Waals surface area contributed by atoms with Crippen LogP contribution in [0.3, 0.4) is 0 Å². The summed E-state index contributed by atoms with van der Waals surface area (Å²) in [5, 5.41) is 10.3. The molecule has 0 spiro atoms. The van der Waals surface area contributed by atoms with E-state index < -0.39 is 16.4 Å². The van der Waals surface area contributed by atoms with Crippen molar-refractivity contribution in [2.45, 2.75) is 0 Å². The van der Waals surface area contributed by atoms with Crippen molar-refractivity contribution in [3.63, 3.8) is 0 Å². The lowest BCUT2D eigenvalue weighted by Crippen LogP contribution is -1.96. The molecule has 0 saturated carbocycles. The Kier molecular flexibility index (Phi) is 3.02. The van der Waals surface area contributed by atoms with Crippen LogP contribution in [0.2, 0.25) is 0 Å². The molecule has 72 valence electrons. The lowest BCUT2D eigenvalue weighted by Gasteiger charge is -2.01. The van der Waals surface area contributed by atoms with E-state index in [4.69, 9.17) is 11.2 Å². The molecule has 0 N–H and O–H groups in total. The van der Waals surface area contributed by atoms with Gasteiger partial charge in [-0.1, -0.05) is 5.92 Å². The summed E-state index contributed by atoms with van der Waals surface area (Å²) in [6.07, 6.45) is 4.92. The SMILES string of the molecule is C#CCOc1ccc(F)c([N+](=O)[O-])c1. The molecule has 14 heavy (non-hydrogen) atoms. The Hall–Kier alpha value is -2.09. The van der Waals surface area contributed by atoms with Gasteiger partial charge in [-0.2, -0.15) is 4.39 Å². The average Bonchev–Trinajstić information content (AvgIpc) is 2.16. The summed E-state index contributed by atoms with van der Waals surface area (Å²) in [4.78, 5) is 9.50. The van der Waals surface area contributed by atoms with Crippen LogP contribution in [0.15, 0.2) is 18.2 Å². The van der Waals surface area contributed by atoms with E-state index in [9.17, 15) is 14.5 Å². The molecule has 5 heteroatoms. The number of ether oxygens (including phenoxy) is 1. The fourth-order valence-electron chi connectivity index (χ4n) is 0.847. The largest absolute Gasteiger partial charge is 0.481 e. The molecule has 0 aliphatic rings. The van der Waals surface area contributed by atoms with E-state index in [-0.39, 0.29) is 12.4 Å². The Morgan fingerprint density at radius 1 is 1.64 bits per heavy atom. The van der Waals surface area contributed by atoms with Crippen LogP contribution in [0.5, 0.6) is 5.75 Å². The molecule has 0 saturated heterocycles. The molecular weight excluding hydrogens is 189 g/mol. The van der Waals surface area contributed by atoms with Crippen molar-refractivity contribution < 1.29 is 14.1 Å². The number of benzene rings is 1. The van der Waals surface area contributed by atoms with Gasteiger partial charge in [0.2, 0.25) is 5.82 Å². The maximum Gasteiger partial charge on any atom is 0.308 e. The number of nitro benzene ring substituents is 1. The molecule has 4 nitrogen and oxygen atoms in total. The van der Waals surface area contributed by atoms with E-state index in [1.807, 2.05) is 0 Å². The summed E-state index contributed by atoms with van der Waals surface area (Å²) in [6.45, 7) is -0.0111. The number of nitrogens with zero attached hydrogens (tertiary/aromatic N) is 1. The van der Waals surface area contributed by atoms with Crippen LogP contribution >= 0.6 is 0 Å². The fourth-order valence-corrected chi connectivity index (χ4v) is 0.847. The monoisotopic (exact) mass is 195 g/mol. The molecule has 0 heterocycles. The van der Waals surface area contributed by atoms with Gasteiger partial charge >= 0.3 is 5.69 Å². The van der Waals surface area contributed by atoms with Crippen molar-refractivity contribution in [2.24, 2.45) is 0 Å². The summed E-state index contributed by atoms with van der Waals surface area (Å²) in [6, 6.07) is 3.23. The summed E-state index contributed by atoms with van der Waals surface area (Å²) >= 11 is 0. The second-order valence-electron chi connectivity index (χ2n) is 2.36. The normalized spacial score (nSPS) is 9.14. The van der Waals surface area contributed by atoms with E-state index in [0.717, 1.165) is 12.1 Å². The molecular formula is C9H6FNO3. The molecule has 1 rings (SSSR count). The predicted octanol–water partition coefficient (Wildman–Crippen LogP) is 1.75. The zero-order chi connectivity index (χ0) is 10.6. The minimum absolute atomic E-state index is 0.0111. The summed E-state index contributed by atoms with van der Waals surface area (Å²) in [5.41, 5.74) is -0.625. The van der Waals surface area contributed by atoms with Gasteiger partial charge in [-0.05, 0) is 12.1 Å². The van der Waals surface area contributed by atoms with Gasteiger partial charge in [0.25, 0.3) is 0 Å². The highest BCUT2D eigenvalue weighted by atomic mass is 19.1. The molecule has 0 aliphatic heterocycles. The first kappa shape index (κ1) is 9.99. The second kappa shape index (κ2) is 4.23. The van der Waals surface area contributed by atoms with Gasteiger partial charge in [0.15, 0.2) is 0 Å². The number of halogens is 1. The maximum atomic E-state index is 12.8. The third-order valence-corrected chi connectivity index (χ3v) is 1.44. The van der Waals surface area contributed by atoms with Crippen molar-refractivity contribution in [1.82, 2.24) is 0 Å². The third kappa shape index (κ3) is 2.20. The first-order chi connectivity index (χ1) is 6.65. The molecule has 0 unspecified atom stereocenters. The van der Waals surface area contributed by atoms with Gasteiger partial charge in [-0.15, -0.1) is 6.42 Å². The molecule has 0 amide bonds. The maximum absolute atomic E-state index is 12.8. The highest BCUT2D eigenvalue weighted by Gasteiger charge is 2.14. The van der Waals surface area contributed by atoms with Crippen molar-refractivity contribution >= 4 is 5.69 Å². The molecule has 0 fully saturated rings. The van der Waals surface area contributed by atoms with E-state index in [2.05, 4.69) is 5.92 Å². The zero-order valence-electron chi connectivity index (χ0n) is 7.07. The Morgan fingerprint density at radius 3 is 2.93 bits per heavy atom. The van der Waals surface area contributed by atoms with Crippen LogP contribution in [-0.4, -0.2) is 11.5 Å². The summed E-state index contributed by atoms with van der Waals surface area (Å²) in [7, 11) is 0. The highest BCUT2D eigenvalue weighted by Crippen LogP contribution is 2.22. The lowest BCUT2D eigenvalue weighted by molar-refractivity contribution is -0.387. The van der Waals surface area contributed by atoms with Gasteiger partial charge in [0, 0.05) is 0 Å². The minimum atomic E-state index is -0.900. The van der Waals surface area contributed by atoms with Crippen molar-refractivity contribution in [2.75, 3.05) is 6.61 Å². The Bertz CT molecular complexity index is 398. The number of hydrogen-bond donors (Lipinski definition) is 0. The van der Waals surface area contributed by atoms with Crippen LogP contribution in [0, 0.1) is 28.3 Å². The summed E-state index contributed by atoms with van der Waals surface area (Å²) in [5.74, 6) is 1.47. The van der Waals surface area contributed by atoms with Crippen molar-refractivity contribution in [3.8, 4) is 18.1 Å². The third-order valence-electron chi connectivity index (χ3n) is 1.44. The first-order valence-electron chi connectivity index (χ1n) is 3.65. The van der Waals surface area contributed by atoms with Crippen molar-refractivity contribution in [3.05, 3.63) is 34.1 Å². The van der Waals surface area contributed by atoms with Crippen LogP contribution in [0.1, 0.15) is 0 Å². The van der Waals surface area contributed by atoms with Crippen LogP contribution in [0.4, 0.5) is 10.1 Å². The number of hydrogen-bond acceptors (Lipinski definition) is 3. The Morgan fingerprint density at radius 2 is 2.36 bits per heavy atom. The molecule has 0 atom stereocenters. The van der Waals surface area contributed by atoms with Gasteiger partial charge in [-0.3, -0.25) is 10.1 Å². The van der Waals surface area contributed by atoms with Crippen LogP contribution in [-0.2, 0) is 0 Å². The van der Waals surface area contributed by atoms with Gasteiger partial charge in [0.05, 0.1) is 11.0 Å². The molecule has 0 aliphatic carbocycles. The predicted molar refractivity (Wildman–Crippen MR) is 47.4 cm³/mol. The van der Waals surface area contributed by atoms with E-state index in [0.29, 0.717) is 0 Å². The van der Waals surface area contributed by atoms with E-state index in [1.165, 1.54) is 6.07 Å². The molecule has 1 aromatic rings. The quantitative estimate of drug-likeness (QED) is 0.419. The van der Waals surface area contributed by atoms with E-state index in [1.54, 1.807) is 0 Å². The summed E-state index contributed by atoms with van der Waals surface area (Å²) < 4.78 is 17.7. The lowest BCUT2D eigenvalue weighted by atomic mass is 10.3. The fraction of sp³-hybridized carbons (Fsp3) is 0.111. The highest BCUT2D eigenvalue weighted by molar-refractivity contribution is 5.39. The zero-order valence-corrected chi connectivity index (χ0v) is 7.07.